The molecule has 27 heavy (non-hydrogen) atoms. The quantitative estimate of drug-likeness (QED) is 0.460. The number of aromatic nitrogens is 4. The number of hydrogen-bond donors (Lipinski definition) is 0. The monoisotopic (exact) mass is 350 g/mol. The highest BCUT2D eigenvalue weighted by molar-refractivity contribution is 5.80. The van der Waals surface area contributed by atoms with E-state index in [1.54, 1.807) is 6.20 Å². The summed E-state index contributed by atoms with van der Waals surface area (Å²) in [6.07, 6.45) is 3.74. The zero-order chi connectivity index (χ0) is 18.1. The molecule has 0 aliphatic carbocycles. The van der Waals surface area contributed by atoms with E-state index in [1.807, 2.05) is 29.1 Å². The summed E-state index contributed by atoms with van der Waals surface area (Å²) in [7, 11) is 0. The zero-order valence-electron chi connectivity index (χ0n) is 14.7. The molecule has 130 valence electrons. The maximum Gasteiger partial charge on any atom is 0.141 e. The van der Waals surface area contributed by atoms with Crippen molar-refractivity contribution < 1.29 is 0 Å². The summed E-state index contributed by atoms with van der Waals surface area (Å²) < 4.78 is 4.15. The molecular weight excluding hydrogens is 332 g/mol. The highest BCUT2D eigenvalue weighted by atomic mass is 15.3. The summed E-state index contributed by atoms with van der Waals surface area (Å²) in [4.78, 5) is 4.89. The molecule has 3 aromatic carbocycles. The van der Waals surface area contributed by atoms with Gasteiger partial charge in [-0.1, -0.05) is 54.6 Å². The molecule has 4 nitrogen and oxygen atoms in total. The van der Waals surface area contributed by atoms with Gasteiger partial charge in [-0.2, -0.15) is 5.10 Å². The molecule has 4 heteroatoms. The zero-order valence-corrected chi connectivity index (χ0v) is 14.7. The summed E-state index contributed by atoms with van der Waals surface area (Å²) in [6, 6.07) is 29.1. The van der Waals surface area contributed by atoms with Crippen LogP contribution in [-0.4, -0.2) is 19.3 Å². The Balaban J connectivity index is 1.56. The molecule has 0 radical (unpaired) electrons. The fourth-order valence-electron chi connectivity index (χ4n) is 3.40. The number of nitrogens with zero attached hydrogens (tertiary/aromatic N) is 4. The molecule has 0 saturated carbocycles. The van der Waals surface area contributed by atoms with E-state index in [0.29, 0.717) is 0 Å². The average Bonchev–Trinajstić information content (AvgIpc) is 3.38. The molecule has 0 fully saturated rings. The van der Waals surface area contributed by atoms with Gasteiger partial charge in [0.05, 0.1) is 16.7 Å². The van der Waals surface area contributed by atoms with Crippen molar-refractivity contribution in [3.63, 3.8) is 0 Å². The molecule has 0 aliphatic heterocycles. The SMILES string of the molecule is c1ccc(-c2nc3ccccc3n2Cc2ccc(-n3cccn3)cc2)cc1. The second kappa shape index (κ2) is 6.57. The van der Waals surface area contributed by atoms with Crippen molar-refractivity contribution in [3.05, 3.63) is 103 Å². The predicted molar refractivity (Wildman–Crippen MR) is 108 cm³/mol. The largest absolute Gasteiger partial charge is 0.319 e. The minimum absolute atomic E-state index is 0.768. The lowest BCUT2D eigenvalue weighted by atomic mass is 10.1. The van der Waals surface area contributed by atoms with Crippen molar-refractivity contribution in [2.45, 2.75) is 6.54 Å². The fourth-order valence-corrected chi connectivity index (χ4v) is 3.40. The Kier molecular flexibility index (Phi) is 3.79. The van der Waals surface area contributed by atoms with E-state index < -0.39 is 0 Å². The van der Waals surface area contributed by atoms with Crippen molar-refractivity contribution in [3.8, 4) is 17.1 Å². The van der Waals surface area contributed by atoms with Gasteiger partial charge in [-0.05, 0) is 35.9 Å². The number of benzene rings is 3. The van der Waals surface area contributed by atoms with Crippen LogP contribution in [0.4, 0.5) is 0 Å². The lowest BCUT2D eigenvalue weighted by Gasteiger charge is -2.10. The van der Waals surface area contributed by atoms with Gasteiger partial charge < -0.3 is 4.57 Å². The van der Waals surface area contributed by atoms with Crippen LogP contribution in [0.15, 0.2) is 97.3 Å². The fraction of sp³-hybridized carbons (Fsp3) is 0.0435. The number of para-hydroxylation sites is 2. The molecule has 0 N–H and O–H groups in total. The second-order valence-electron chi connectivity index (χ2n) is 6.49. The molecule has 0 spiro atoms. The lowest BCUT2D eigenvalue weighted by molar-refractivity contribution is 0.830. The molecule has 5 aromatic rings. The highest BCUT2D eigenvalue weighted by Crippen LogP contribution is 2.26. The molecule has 0 amide bonds. The Morgan fingerprint density at radius 3 is 2.30 bits per heavy atom. The van der Waals surface area contributed by atoms with Crippen LogP contribution in [0, 0.1) is 0 Å². The summed E-state index contributed by atoms with van der Waals surface area (Å²) in [5, 5.41) is 4.29. The Morgan fingerprint density at radius 2 is 1.52 bits per heavy atom. The van der Waals surface area contributed by atoms with Crippen LogP contribution in [0.1, 0.15) is 5.56 Å². The van der Waals surface area contributed by atoms with E-state index in [2.05, 4.69) is 76.4 Å². The van der Waals surface area contributed by atoms with Crippen molar-refractivity contribution >= 4 is 11.0 Å². The van der Waals surface area contributed by atoms with Gasteiger partial charge in [0.25, 0.3) is 0 Å². The molecule has 2 aromatic heterocycles. The Morgan fingerprint density at radius 1 is 0.741 bits per heavy atom. The van der Waals surface area contributed by atoms with Gasteiger partial charge in [-0.3, -0.25) is 0 Å². The van der Waals surface area contributed by atoms with Crippen molar-refractivity contribution in [2.75, 3.05) is 0 Å². The Hall–Kier alpha value is -3.66. The minimum Gasteiger partial charge on any atom is -0.319 e. The van der Waals surface area contributed by atoms with E-state index in [-0.39, 0.29) is 0 Å². The van der Waals surface area contributed by atoms with E-state index in [9.17, 15) is 0 Å². The van der Waals surface area contributed by atoms with E-state index in [4.69, 9.17) is 4.98 Å². The van der Waals surface area contributed by atoms with Crippen LogP contribution in [0.3, 0.4) is 0 Å². The first-order valence-electron chi connectivity index (χ1n) is 8.98. The Bertz CT molecular complexity index is 1170. The second-order valence-corrected chi connectivity index (χ2v) is 6.49. The number of hydrogen-bond acceptors (Lipinski definition) is 2. The normalized spacial score (nSPS) is 11.1. The third kappa shape index (κ3) is 2.91. The highest BCUT2D eigenvalue weighted by Gasteiger charge is 2.12. The van der Waals surface area contributed by atoms with E-state index in [0.717, 1.165) is 34.7 Å². The predicted octanol–water partition coefficient (Wildman–Crippen LogP) is 4.94. The van der Waals surface area contributed by atoms with Gasteiger partial charge in [0.2, 0.25) is 0 Å². The lowest BCUT2D eigenvalue weighted by Crippen LogP contribution is -2.03. The molecule has 0 bridgehead atoms. The van der Waals surface area contributed by atoms with Crippen molar-refractivity contribution in [1.29, 1.82) is 0 Å². The third-order valence-electron chi connectivity index (χ3n) is 4.73. The number of fused-ring (bicyclic) bond motifs is 1. The first-order valence-corrected chi connectivity index (χ1v) is 8.98. The van der Waals surface area contributed by atoms with Gasteiger partial charge in [0.1, 0.15) is 5.82 Å². The maximum atomic E-state index is 4.89. The minimum atomic E-state index is 0.768. The first kappa shape index (κ1) is 15.6. The number of rotatable bonds is 4. The first-order chi connectivity index (χ1) is 13.4. The van der Waals surface area contributed by atoms with E-state index in [1.165, 1.54) is 5.56 Å². The molecule has 0 saturated heterocycles. The summed E-state index contributed by atoms with van der Waals surface area (Å²) in [6.45, 7) is 0.768. The van der Waals surface area contributed by atoms with E-state index >= 15 is 0 Å². The van der Waals surface area contributed by atoms with Gasteiger partial charge >= 0.3 is 0 Å². The van der Waals surface area contributed by atoms with Crippen LogP contribution in [0.5, 0.6) is 0 Å². The third-order valence-corrected chi connectivity index (χ3v) is 4.73. The topological polar surface area (TPSA) is 35.6 Å². The summed E-state index contributed by atoms with van der Waals surface area (Å²) in [5.74, 6) is 0.993. The van der Waals surface area contributed by atoms with Gasteiger partial charge in [0, 0.05) is 24.5 Å². The summed E-state index contributed by atoms with van der Waals surface area (Å²) in [5.41, 5.74) is 5.58. The average molecular weight is 350 g/mol. The molecule has 5 rings (SSSR count). The molecule has 2 heterocycles. The van der Waals surface area contributed by atoms with Crippen molar-refractivity contribution in [1.82, 2.24) is 19.3 Å². The smallest absolute Gasteiger partial charge is 0.141 e. The number of imidazole rings is 1. The maximum absolute atomic E-state index is 4.89. The molecular formula is C23H18N4. The van der Waals surface area contributed by atoms with Gasteiger partial charge in [-0.15, -0.1) is 0 Å². The molecule has 0 aliphatic rings. The standard InChI is InChI=1S/C23H18N4/c1-2-7-19(8-3-1)23-25-21-9-4-5-10-22(21)26(23)17-18-11-13-20(14-12-18)27-16-6-15-24-27/h1-16H,17H2. The van der Waals surface area contributed by atoms with Crippen LogP contribution in [-0.2, 0) is 6.54 Å². The Labute approximate surface area is 157 Å². The molecule has 0 unspecified atom stereocenters. The van der Waals surface area contributed by atoms with Crippen LogP contribution >= 0.6 is 0 Å². The van der Waals surface area contributed by atoms with Crippen molar-refractivity contribution in [2.24, 2.45) is 0 Å². The van der Waals surface area contributed by atoms with Crippen LogP contribution < -0.4 is 0 Å². The van der Waals surface area contributed by atoms with Gasteiger partial charge in [-0.25, -0.2) is 9.67 Å². The van der Waals surface area contributed by atoms with Crippen LogP contribution in [0.2, 0.25) is 0 Å². The van der Waals surface area contributed by atoms with Crippen LogP contribution in [0.25, 0.3) is 28.1 Å². The molecule has 0 atom stereocenters. The summed E-state index contributed by atoms with van der Waals surface area (Å²) >= 11 is 0. The van der Waals surface area contributed by atoms with Gasteiger partial charge in [0.15, 0.2) is 0 Å².